The van der Waals surface area contributed by atoms with E-state index in [0.29, 0.717) is 22.1 Å². The molecule has 2 N–H and O–H groups in total. The summed E-state index contributed by atoms with van der Waals surface area (Å²) in [6, 6.07) is 13.5. The minimum atomic E-state index is -1.00. The first-order valence-corrected chi connectivity index (χ1v) is 12.9. The van der Waals surface area contributed by atoms with Gasteiger partial charge in [0.1, 0.15) is 11.5 Å². The van der Waals surface area contributed by atoms with E-state index in [1.54, 1.807) is 36.6 Å². The summed E-state index contributed by atoms with van der Waals surface area (Å²) in [5.41, 5.74) is 1.44. The average Bonchev–Trinajstić information content (AvgIpc) is 3.54. The summed E-state index contributed by atoms with van der Waals surface area (Å²) in [6.07, 6.45) is 5.16. The molecule has 3 amide bonds. The minimum Gasteiger partial charge on any atom is -0.464 e. The number of carbonyl (C=O) groups excluding carboxylic acids is 3. The van der Waals surface area contributed by atoms with Crippen LogP contribution in [0.3, 0.4) is 0 Å². The van der Waals surface area contributed by atoms with Gasteiger partial charge in [-0.15, -0.1) is 11.3 Å². The molecule has 0 bridgehead atoms. The third-order valence-corrected chi connectivity index (χ3v) is 7.15. The number of carbonyl (C=O) groups is 3. The van der Waals surface area contributed by atoms with Crippen molar-refractivity contribution in [3.63, 3.8) is 0 Å². The van der Waals surface area contributed by atoms with Crippen LogP contribution in [0.2, 0.25) is 0 Å². The fourth-order valence-corrected chi connectivity index (χ4v) is 5.13. The number of hydrogen-bond donors (Lipinski definition) is 2. The first kappa shape index (κ1) is 24.7. The van der Waals surface area contributed by atoms with E-state index in [1.165, 1.54) is 22.7 Å². The number of benzene rings is 1. The monoisotopic (exact) mass is 493 g/mol. The van der Waals surface area contributed by atoms with Crippen molar-refractivity contribution in [2.75, 3.05) is 11.4 Å². The highest BCUT2D eigenvalue weighted by atomic mass is 32.1. The number of nitrogens with one attached hydrogen (secondary N) is 2. The number of nitrogens with zero attached hydrogens (tertiary/aromatic N) is 1. The number of amides is 3. The van der Waals surface area contributed by atoms with E-state index in [4.69, 9.17) is 4.42 Å². The Morgan fingerprint density at radius 3 is 2.46 bits per heavy atom. The minimum absolute atomic E-state index is 0.0714. The van der Waals surface area contributed by atoms with Crippen LogP contribution in [0, 0.1) is 13.8 Å². The van der Waals surface area contributed by atoms with Gasteiger partial charge in [-0.25, -0.2) is 0 Å². The lowest BCUT2D eigenvalue weighted by Gasteiger charge is -2.33. The Hall–Kier alpha value is -3.39. The van der Waals surface area contributed by atoms with Gasteiger partial charge in [0.05, 0.1) is 11.4 Å². The summed E-state index contributed by atoms with van der Waals surface area (Å²) in [7, 11) is 0. The van der Waals surface area contributed by atoms with Crippen molar-refractivity contribution in [2.45, 2.75) is 58.0 Å². The van der Waals surface area contributed by atoms with Crippen LogP contribution in [0.1, 0.15) is 64.9 Å². The first-order valence-electron chi connectivity index (χ1n) is 12.0. The van der Waals surface area contributed by atoms with E-state index < -0.39 is 11.9 Å². The second-order valence-electron chi connectivity index (χ2n) is 8.90. The molecule has 1 aliphatic carbocycles. The van der Waals surface area contributed by atoms with Gasteiger partial charge in [0.15, 0.2) is 6.04 Å². The summed E-state index contributed by atoms with van der Waals surface area (Å²) in [5.74, 6) is 0.0280. The Morgan fingerprint density at radius 2 is 1.80 bits per heavy atom. The molecule has 2 heterocycles. The molecule has 7 nitrogen and oxygen atoms in total. The van der Waals surface area contributed by atoms with Gasteiger partial charge in [0.2, 0.25) is 5.91 Å². The van der Waals surface area contributed by atoms with Crippen LogP contribution in [0.5, 0.6) is 0 Å². The molecule has 4 rings (SSSR count). The predicted molar refractivity (Wildman–Crippen MR) is 137 cm³/mol. The smallest absolute Gasteiger partial charge is 0.261 e. The molecule has 3 aromatic rings. The molecule has 0 aliphatic heterocycles. The molecule has 1 atom stereocenters. The summed E-state index contributed by atoms with van der Waals surface area (Å²) in [4.78, 5) is 41.9. The predicted octanol–water partition coefficient (Wildman–Crippen LogP) is 4.91. The highest BCUT2D eigenvalue weighted by Gasteiger charge is 2.36. The maximum atomic E-state index is 13.7. The number of furan rings is 1. The molecule has 1 fully saturated rings. The van der Waals surface area contributed by atoms with Crippen molar-refractivity contribution in [1.29, 1.82) is 0 Å². The Morgan fingerprint density at radius 1 is 1.03 bits per heavy atom. The molecule has 1 aromatic carbocycles. The number of rotatable bonds is 8. The van der Waals surface area contributed by atoms with Gasteiger partial charge in [-0.1, -0.05) is 43.5 Å². The normalized spacial score (nSPS) is 14.8. The summed E-state index contributed by atoms with van der Waals surface area (Å²) < 4.78 is 5.89. The molecule has 2 aromatic heterocycles. The van der Waals surface area contributed by atoms with Gasteiger partial charge in [-0.05, 0) is 61.9 Å². The van der Waals surface area contributed by atoms with Gasteiger partial charge in [0, 0.05) is 11.7 Å². The van der Waals surface area contributed by atoms with Crippen LogP contribution in [0.4, 0.5) is 5.69 Å². The zero-order valence-corrected chi connectivity index (χ0v) is 20.9. The highest BCUT2D eigenvalue weighted by molar-refractivity contribution is 7.12. The Kier molecular flexibility index (Phi) is 8.02. The van der Waals surface area contributed by atoms with Crippen molar-refractivity contribution >= 4 is 34.7 Å². The van der Waals surface area contributed by atoms with E-state index in [1.807, 2.05) is 31.2 Å². The molecular weight excluding hydrogens is 462 g/mol. The van der Waals surface area contributed by atoms with Gasteiger partial charge in [-0.2, -0.15) is 0 Å². The van der Waals surface area contributed by atoms with Crippen LogP contribution in [0.15, 0.2) is 58.3 Å². The van der Waals surface area contributed by atoms with E-state index in [-0.39, 0.29) is 24.4 Å². The maximum Gasteiger partial charge on any atom is 0.261 e. The third kappa shape index (κ3) is 6.00. The van der Waals surface area contributed by atoms with E-state index in [0.717, 1.165) is 31.2 Å². The van der Waals surface area contributed by atoms with Gasteiger partial charge >= 0.3 is 0 Å². The topological polar surface area (TPSA) is 91.7 Å². The molecule has 0 unspecified atom stereocenters. The van der Waals surface area contributed by atoms with Crippen molar-refractivity contribution in [2.24, 2.45) is 0 Å². The molecule has 0 radical (unpaired) electrons. The largest absolute Gasteiger partial charge is 0.464 e. The molecule has 184 valence electrons. The second kappa shape index (κ2) is 11.4. The lowest BCUT2D eigenvalue weighted by molar-refractivity contribution is -0.127. The van der Waals surface area contributed by atoms with Crippen molar-refractivity contribution < 1.29 is 18.8 Å². The molecule has 0 spiro atoms. The van der Waals surface area contributed by atoms with Gasteiger partial charge < -0.3 is 15.1 Å². The number of thiophene rings is 1. The number of hydrogen-bond acceptors (Lipinski definition) is 5. The molecule has 1 saturated carbocycles. The molecule has 1 aliphatic rings. The van der Waals surface area contributed by atoms with E-state index in [2.05, 4.69) is 10.6 Å². The summed E-state index contributed by atoms with van der Waals surface area (Å²) in [5, 5.41) is 7.67. The summed E-state index contributed by atoms with van der Waals surface area (Å²) in [6.45, 7) is 3.45. The van der Waals surface area contributed by atoms with Crippen LogP contribution >= 0.6 is 11.3 Å². The number of aryl methyl sites for hydroxylation is 2. The molecule has 0 saturated heterocycles. The number of para-hydroxylation sites is 1. The maximum absolute atomic E-state index is 13.7. The van der Waals surface area contributed by atoms with E-state index in [9.17, 15) is 14.4 Å². The lowest BCUT2D eigenvalue weighted by Crippen LogP contribution is -2.49. The van der Waals surface area contributed by atoms with Gasteiger partial charge in [-0.3, -0.25) is 19.3 Å². The first-order chi connectivity index (χ1) is 16.9. The molecular formula is C27H31N3O4S. The quantitative estimate of drug-likeness (QED) is 0.466. The van der Waals surface area contributed by atoms with Gasteiger partial charge in [0.25, 0.3) is 11.8 Å². The second-order valence-corrected chi connectivity index (χ2v) is 9.85. The zero-order chi connectivity index (χ0) is 24.8. The fraction of sp³-hybridized carbons (Fsp3) is 0.370. The average molecular weight is 494 g/mol. The zero-order valence-electron chi connectivity index (χ0n) is 20.1. The van der Waals surface area contributed by atoms with Crippen molar-refractivity contribution in [3.8, 4) is 0 Å². The lowest BCUT2D eigenvalue weighted by atomic mass is 9.95. The molecule has 8 heteroatoms. The van der Waals surface area contributed by atoms with Crippen LogP contribution in [-0.2, 0) is 9.59 Å². The Bertz CT molecular complexity index is 1160. The van der Waals surface area contributed by atoms with Crippen molar-refractivity contribution in [3.05, 3.63) is 75.9 Å². The highest BCUT2D eigenvalue weighted by Crippen LogP contribution is 2.32. The standard InChI is InChI=1S/C27H31N3O4S/c1-18-9-6-7-12-21(18)30(24(31)17-28-26(32)23-13-8-16-35-23)25(22-15-14-19(2)34-22)27(33)29-20-10-4-3-5-11-20/h6-9,12-16,20,25H,3-5,10-11,17H2,1-2H3,(H,28,32)(H,29,33)/t25-/m1/s1. The number of anilines is 1. The Balaban J connectivity index is 1.66. The fourth-order valence-electron chi connectivity index (χ4n) is 4.49. The van der Waals surface area contributed by atoms with Crippen molar-refractivity contribution in [1.82, 2.24) is 10.6 Å². The van der Waals surface area contributed by atoms with Crippen LogP contribution in [0.25, 0.3) is 0 Å². The van der Waals surface area contributed by atoms with E-state index >= 15 is 0 Å². The molecule has 35 heavy (non-hydrogen) atoms. The van der Waals surface area contributed by atoms with Crippen LogP contribution < -0.4 is 15.5 Å². The third-order valence-electron chi connectivity index (χ3n) is 6.28. The van der Waals surface area contributed by atoms with Crippen LogP contribution in [-0.4, -0.2) is 30.3 Å². The SMILES string of the molecule is Cc1ccc([C@H](C(=O)NC2CCCCC2)N(C(=O)CNC(=O)c2cccs2)c2ccccc2C)o1. The summed E-state index contributed by atoms with van der Waals surface area (Å²) >= 11 is 1.30. The Labute approximate surface area is 209 Å².